The van der Waals surface area contributed by atoms with Crippen molar-refractivity contribution < 1.29 is 14.3 Å². The highest BCUT2D eigenvalue weighted by molar-refractivity contribution is 8.04. The van der Waals surface area contributed by atoms with Crippen molar-refractivity contribution in [1.82, 2.24) is 10.3 Å². The first-order valence-electron chi connectivity index (χ1n) is 10.6. The lowest BCUT2D eigenvalue weighted by atomic mass is 9.82. The molecular weight excluding hydrogens is 505 g/mol. The van der Waals surface area contributed by atoms with Gasteiger partial charge in [0.15, 0.2) is 0 Å². The van der Waals surface area contributed by atoms with Crippen LogP contribution in [0.2, 0.25) is 5.02 Å². The number of pyridine rings is 1. The molecule has 2 aromatic heterocycles. The second kappa shape index (κ2) is 9.73. The molecule has 0 bridgehead atoms. The van der Waals surface area contributed by atoms with Crippen molar-refractivity contribution in [3.63, 3.8) is 0 Å². The Balaban J connectivity index is 1.52. The summed E-state index contributed by atoms with van der Waals surface area (Å²) in [7, 11) is 0. The molecule has 0 unspecified atom stereocenters. The zero-order valence-corrected chi connectivity index (χ0v) is 20.6. The lowest BCUT2D eigenvalue weighted by molar-refractivity contribution is -0.119. The topological polar surface area (TPSA) is 74.2 Å². The van der Waals surface area contributed by atoms with Crippen LogP contribution in [0, 0.1) is 5.82 Å². The number of aliphatic hydroxyl groups excluding tert-OH is 1. The third kappa shape index (κ3) is 4.77. The molecule has 0 saturated heterocycles. The molecule has 2 aromatic carbocycles. The number of carbonyl (C=O) groups is 1. The van der Waals surface area contributed by atoms with Crippen LogP contribution in [0.3, 0.4) is 0 Å². The molecule has 0 aliphatic carbocycles. The maximum atomic E-state index is 13.3. The highest BCUT2D eigenvalue weighted by Gasteiger charge is 2.44. The van der Waals surface area contributed by atoms with E-state index in [-0.39, 0.29) is 22.9 Å². The van der Waals surface area contributed by atoms with Crippen molar-refractivity contribution in [2.75, 3.05) is 5.32 Å². The van der Waals surface area contributed by atoms with Crippen LogP contribution in [0.1, 0.15) is 17.7 Å². The third-order valence-electron chi connectivity index (χ3n) is 5.59. The summed E-state index contributed by atoms with van der Waals surface area (Å²) < 4.78 is 13.3. The fraction of sp³-hybridized carbons (Fsp3) is 0.0769. The van der Waals surface area contributed by atoms with Gasteiger partial charge in [0.2, 0.25) is 0 Å². The molecule has 1 amide bonds. The number of hydrogen-bond acceptors (Lipinski definition) is 6. The molecule has 9 heteroatoms. The van der Waals surface area contributed by atoms with Gasteiger partial charge in [0.25, 0.3) is 5.91 Å². The molecule has 3 heterocycles. The van der Waals surface area contributed by atoms with E-state index in [4.69, 9.17) is 16.6 Å². The number of aromatic nitrogens is 1. The van der Waals surface area contributed by atoms with Gasteiger partial charge in [0.1, 0.15) is 27.8 Å². The number of anilines is 2. The Kier molecular flexibility index (Phi) is 6.51. The molecular formula is C26H19ClFN3O2S2. The molecule has 3 N–H and O–H groups in total. The molecule has 1 atom stereocenters. The minimum Gasteiger partial charge on any atom is -0.511 e. The first-order chi connectivity index (χ1) is 16.9. The maximum Gasteiger partial charge on any atom is 0.262 e. The van der Waals surface area contributed by atoms with Crippen LogP contribution in [-0.4, -0.2) is 16.0 Å². The highest BCUT2D eigenvalue weighted by atomic mass is 35.5. The van der Waals surface area contributed by atoms with E-state index in [1.165, 1.54) is 23.5 Å². The minimum atomic E-state index is -1.06. The van der Waals surface area contributed by atoms with Gasteiger partial charge in [-0.2, -0.15) is 11.3 Å². The van der Waals surface area contributed by atoms with Gasteiger partial charge in [0.05, 0.1) is 10.7 Å². The normalized spacial score (nSPS) is 17.8. The zero-order valence-electron chi connectivity index (χ0n) is 18.2. The number of thiophene rings is 1. The van der Waals surface area contributed by atoms with Crippen molar-refractivity contribution in [2.45, 2.75) is 16.9 Å². The van der Waals surface area contributed by atoms with Gasteiger partial charge in [-0.15, -0.1) is 0 Å². The lowest BCUT2D eigenvalue weighted by Crippen LogP contribution is -2.50. The van der Waals surface area contributed by atoms with E-state index in [2.05, 4.69) is 10.6 Å². The van der Waals surface area contributed by atoms with Gasteiger partial charge in [0, 0.05) is 17.0 Å². The summed E-state index contributed by atoms with van der Waals surface area (Å²) in [6.45, 7) is 0. The third-order valence-corrected chi connectivity index (χ3v) is 7.92. The molecule has 5 rings (SSSR count). The van der Waals surface area contributed by atoms with Crippen molar-refractivity contribution >= 4 is 52.1 Å². The van der Waals surface area contributed by atoms with Crippen LogP contribution in [-0.2, 0) is 10.3 Å². The van der Waals surface area contributed by atoms with Gasteiger partial charge in [-0.1, -0.05) is 41.6 Å². The fourth-order valence-electron chi connectivity index (χ4n) is 3.91. The summed E-state index contributed by atoms with van der Waals surface area (Å²) in [4.78, 5) is 19.0. The van der Waals surface area contributed by atoms with Crippen molar-refractivity contribution in [3.8, 4) is 0 Å². The summed E-state index contributed by atoms with van der Waals surface area (Å²) in [6.07, 6.45) is 0.120. The number of hydrogen-bond donors (Lipinski definition) is 3. The molecule has 0 saturated carbocycles. The molecule has 5 nitrogen and oxygen atoms in total. The number of benzene rings is 2. The molecule has 0 fully saturated rings. The van der Waals surface area contributed by atoms with E-state index in [1.54, 1.807) is 30.3 Å². The molecule has 0 spiro atoms. The van der Waals surface area contributed by atoms with Gasteiger partial charge in [-0.25, -0.2) is 9.37 Å². The van der Waals surface area contributed by atoms with Gasteiger partial charge in [-0.3, -0.25) is 4.79 Å². The quantitative estimate of drug-likeness (QED) is 0.253. The highest BCUT2D eigenvalue weighted by Crippen LogP contribution is 2.43. The van der Waals surface area contributed by atoms with E-state index in [0.29, 0.717) is 27.1 Å². The molecule has 35 heavy (non-hydrogen) atoms. The summed E-state index contributed by atoms with van der Waals surface area (Å²) in [5, 5.41) is 21.7. The number of amides is 1. The van der Waals surface area contributed by atoms with Gasteiger partial charge >= 0.3 is 0 Å². The van der Waals surface area contributed by atoms with Crippen LogP contribution >= 0.6 is 34.7 Å². The van der Waals surface area contributed by atoms with E-state index < -0.39 is 11.4 Å². The van der Waals surface area contributed by atoms with Crippen molar-refractivity contribution in [1.29, 1.82) is 0 Å². The Morgan fingerprint density at radius 1 is 1.09 bits per heavy atom. The van der Waals surface area contributed by atoms with Crippen LogP contribution in [0.15, 0.2) is 99.1 Å². The standard InChI is InChI=1S/C26H19ClFN3O2S2/c27-19-4-1-2-5-21(19)35-24-20(32)14-26(31-25(24)33,16-12-13-34-15-16)22-6-3-7-23(30-22)29-18-10-8-17(28)9-11-18/h1-13,15,32H,14H2,(H,29,30)(H,31,33)/t26-/m1/s1. The van der Waals surface area contributed by atoms with Gasteiger partial charge < -0.3 is 15.7 Å². The number of nitrogens with zero attached hydrogens (tertiary/aromatic N) is 1. The monoisotopic (exact) mass is 523 g/mol. The number of rotatable bonds is 6. The first-order valence-corrected chi connectivity index (χ1v) is 12.8. The zero-order chi connectivity index (χ0) is 24.4. The van der Waals surface area contributed by atoms with E-state index in [0.717, 1.165) is 17.3 Å². The second-order valence-electron chi connectivity index (χ2n) is 7.90. The first kappa shape index (κ1) is 23.4. The summed E-state index contributed by atoms with van der Waals surface area (Å²) >= 11 is 8.89. The van der Waals surface area contributed by atoms with Crippen LogP contribution in [0.4, 0.5) is 15.9 Å². The van der Waals surface area contributed by atoms with Crippen LogP contribution in [0.25, 0.3) is 0 Å². The maximum absolute atomic E-state index is 13.3. The second-order valence-corrected chi connectivity index (χ2v) is 10.1. The van der Waals surface area contributed by atoms with Gasteiger partial charge in [-0.05, 0) is 70.9 Å². The number of carbonyl (C=O) groups excluding carboxylic acids is 1. The Morgan fingerprint density at radius 3 is 2.60 bits per heavy atom. The Morgan fingerprint density at radius 2 is 1.89 bits per heavy atom. The molecule has 4 aromatic rings. The van der Waals surface area contributed by atoms with Crippen LogP contribution < -0.4 is 10.6 Å². The SMILES string of the molecule is O=C1N[C@](c2ccsc2)(c2cccc(Nc3ccc(F)cc3)n2)CC(O)=C1Sc1ccccc1Cl. The van der Waals surface area contributed by atoms with E-state index in [1.807, 2.05) is 41.1 Å². The number of aliphatic hydroxyl groups is 1. The summed E-state index contributed by atoms with van der Waals surface area (Å²) in [5.74, 6) is -0.254. The van der Waals surface area contributed by atoms with Crippen LogP contribution in [0.5, 0.6) is 0 Å². The predicted octanol–water partition coefficient (Wildman–Crippen LogP) is 7.00. The van der Waals surface area contributed by atoms with E-state index >= 15 is 0 Å². The molecule has 176 valence electrons. The lowest BCUT2D eigenvalue weighted by Gasteiger charge is -2.37. The number of nitrogens with one attached hydrogen (secondary N) is 2. The predicted molar refractivity (Wildman–Crippen MR) is 139 cm³/mol. The molecule has 1 aliphatic heterocycles. The molecule has 1 aliphatic rings. The average Bonchev–Trinajstić information content (AvgIpc) is 3.40. The number of thioether (sulfide) groups is 1. The molecule has 0 radical (unpaired) electrons. The Hall–Kier alpha value is -3.33. The average molecular weight is 524 g/mol. The minimum absolute atomic E-state index is 0.0384. The van der Waals surface area contributed by atoms with Crippen molar-refractivity contribution in [2.24, 2.45) is 0 Å². The Labute approximate surface area is 214 Å². The summed E-state index contributed by atoms with van der Waals surface area (Å²) in [6, 6.07) is 20.5. The fourth-order valence-corrected chi connectivity index (χ4v) is 5.75. The van der Waals surface area contributed by atoms with E-state index in [9.17, 15) is 14.3 Å². The summed E-state index contributed by atoms with van der Waals surface area (Å²) in [5.41, 5.74) is 0.987. The Bertz CT molecular complexity index is 1410. The largest absolute Gasteiger partial charge is 0.511 e. The number of halogens is 2. The van der Waals surface area contributed by atoms with Crippen molar-refractivity contribution in [3.05, 3.63) is 116 Å². The smallest absolute Gasteiger partial charge is 0.262 e.